The molecule has 104 valence electrons. The summed E-state index contributed by atoms with van der Waals surface area (Å²) in [6.07, 6.45) is 0.942. The van der Waals surface area contributed by atoms with Gasteiger partial charge < -0.3 is 5.73 Å². The zero-order chi connectivity index (χ0) is 14.7. The minimum Gasteiger partial charge on any atom is -0.398 e. The Hall–Kier alpha value is -2.25. The molecule has 0 bridgehead atoms. The van der Waals surface area contributed by atoms with Crippen LogP contribution in [-0.4, -0.2) is 0 Å². The van der Waals surface area contributed by atoms with Crippen molar-refractivity contribution in [2.75, 3.05) is 5.73 Å². The highest BCUT2D eigenvalue weighted by Crippen LogP contribution is 2.28. The second-order valence-electron chi connectivity index (χ2n) is 5.09. The van der Waals surface area contributed by atoms with E-state index in [9.17, 15) is 0 Å². The Bertz CT molecular complexity index is 733. The molecule has 0 spiro atoms. The van der Waals surface area contributed by atoms with Crippen molar-refractivity contribution in [1.82, 2.24) is 0 Å². The third-order valence-corrected chi connectivity index (χ3v) is 3.76. The third kappa shape index (κ3) is 3.26. The average molecular weight is 294 g/mol. The van der Waals surface area contributed by atoms with Crippen molar-refractivity contribution in [1.29, 1.82) is 0 Å². The molecule has 0 heterocycles. The number of benzene rings is 3. The highest BCUT2D eigenvalue weighted by atomic mass is 35.5. The molecule has 0 saturated heterocycles. The summed E-state index contributed by atoms with van der Waals surface area (Å²) < 4.78 is 0. The maximum Gasteiger partial charge on any atom is 0.0426 e. The van der Waals surface area contributed by atoms with Gasteiger partial charge in [-0.15, -0.1) is 0 Å². The Labute approximate surface area is 130 Å². The molecule has 3 aromatic carbocycles. The van der Waals surface area contributed by atoms with Gasteiger partial charge in [0.2, 0.25) is 0 Å². The quantitative estimate of drug-likeness (QED) is 0.662. The fraction of sp³-hybridized carbons (Fsp3) is 0.0526. The van der Waals surface area contributed by atoms with Crippen molar-refractivity contribution in [3.8, 4) is 11.1 Å². The molecule has 21 heavy (non-hydrogen) atoms. The highest BCUT2D eigenvalue weighted by Gasteiger charge is 2.04. The number of hydrogen-bond donors (Lipinski definition) is 1. The lowest BCUT2D eigenvalue weighted by Gasteiger charge is -2.08. The van der Waals surface area contributed by atoms with Gasteiger partial charge in [-0.3, -0.25) is 0 Å². The molecular formula is C19H16ClN. The van der Waals surface area contributed by atoms with Gasteiger partial charge in [-0.05, 0) is 35.2 Å². The van der Waals surface area contributed by atoms with Gasteiger partial charge in [0.25, 0.3) is 0 Å². The molecule has 0 radical (unpaired) electrons. The van der Waals surface area contributed by atoms with E-state index in [0.717, 1.165) is 17.5 Å². The van der Waals surface area contributed by atoms with E-state index in [1.165, 1.54) is 11.1 Å². The van der Waals surface area contributed by atoms with Crippen molar-refractivity contribution in [3.05, 3.63) is 88.9 Å². The van der Waals surface area contributed by atoms with E-state index in [4.69, 9.17) is 17.3 Å². The van der Waals surface area contributed by atoms with E-state index in [0.29, 0.717) is 10.7 Å². The van der Waals surface area contributed by atoms with Crippen LogP contribution in [0.15, 0.2) is 72.8 Å². The summed E-state index contributed by atoms with van der Waals surface area (Å²) in [5.74, 6) is 0. The molecule has 2 N–H and O–H groups in total. The number of rotatable bonds is 3. The van der Waals surface area contributed by atoms with E-state index in [2.05, 4.69) is 48.5 Å². The van der Waals surface area contributed by atoms with Gasteiger partial charge in [0.05, 0.1) is 0 Å². The van der Waals surface area contributed by atoms with Gasteiger partial charge in [-0.2, -0.15) is 0 Å². The monoisotopic (exact) mass is 293 g/mol. The molecule has 3 rings (SSSR count). The number of nitrogens with two attached hydrogens (primary N) is 1. The molecule has 0 fully saturated rings. The molecule has 0 aromatic heterocycles. The van der Waals surface area contributed by atoms with Crippen LogP contribution in [0.1, 0.15) is 11.1 Å². The van der Waals surface area contributed by atoms with Crippen molar-refractivity contribution in [2.45, 2.75) is 6.42 Å². The van der Waals surface area contributed by atoms with Gasteiger partial charge in [0.15, 0.2) is 0 Å². The normalized spacial score (nSPS) is 10.5. The van der Waals surface area contributed by atoms with Gasteiger partial charge in [0.1, 0.15) is 0 Å². The summed E-state index contributed by atoms with van der Waals surface area (Å²) in [6, 6.07) is 24.6. The zero-order valence-corrected chi connectivity index (χ0v) is 12.3. The summed E-state index contributed by atoms with van der Waals surface area (Å²) >= 11 is 5.94. The highest BCUT2D eigenvalue weighted by molar-refractivity contribution is 6.31. The van der Waals surface area contributed by atoms with Gasteiger partial charge in [-0.1, -0.05) is 72.3 Å². The summed E-state index contributed by atoms with van der Waals surface area (Å²) in [7, 11) is 0. The standard InChI is InChI=1S/C19H16ClN/c20-17-10-11-18(19(21)13-17)16-8-6-15(7-9-16)12-14-4-2-1-3-5-14/h1-11,13H,12,21H2. The topological polar surface area (TPSA) is 26.0 Å². The lowest BCUT2D eigenvalue weighted by molar-refractivity contribution is 1.19. The zero-order valence-electron chi connectivity index (χ0n) is 11.6. The minimum absolute atomic E-state index is 0.664. The Balaban J connectivity index is 1.84. The van der Waals surface area contributed by atoms with Crippen LogP contribution in [0, 0.1) is 0 Å². The molecular weight excluding hydrogens is 278 g/mol. The molecule has 2 heteroatoms. The Morgan fingerprint density at radius 1 is 0.762 bits per heavy atom. The van der Waals surface area contributed by atoms with E-state index < -0.39 is 0 Å². The molecule has 0 amide bonds. The predicted molar refractivity (Wildman–Crippen MR) is 90.5 cm³/mol. The average Bonchev–Trinajstić information content (AvgIpc) is 2.49. The van der Waals surface area contributed by atoms with E-state index >= 15 is 0 Å². The van der Waals surface area contributed by atoms with E-state index in [1.54, 1.807) is 6.07 Å². The maximum absolute atomic E-state index is 6.03. The molecule has 3 aromatic rings. The Kier molecular flexibility index (Phi) is 3.94. The van der Waals surface area contributed by atoms with Crippen LogP contribution in [0.3, 0.4) is 0 Å². The Morgan fingerprint density at radius 2 is 1.43 bits per heavy atom. The number of nitrogen functional groups attached to an aromatic ring is 1. The Morgan fingerprint density at radius 3 is 2.10 bits per heavy atom. The SMILES string of the molecule is Nc1cc(Cl)ccc1-c1ccc(Cc2ccccc2)cc1. The van der Waals surface area contributed by atoms with Crippen molar-refractivity contribution in [2.24, 2.45) is 0 Å². The molecule has 0 aliphatic heterocycles. The van der Waals surface area contributed by atoms with Crippen LogP contribution in [0.25, 0.3) is 11.1 Å². The van der Waals surface area contributed by atoms with Crippen LogP contribution in [-0.2, 0) is 6.42 Å². The second-order valence-corrected chi connectivity index (χ2v) is 5.53. The summed E-state index contributed by atoms with van der Waals surface area (Å²) in [6.45, 7) is 0. The van der Waals surface area contributed by atoms with Crippen LogP contribution in [0.4, 0.5) is 5.69 Å². The molecule has 0 unspecified atom stereocenters. The molecule has 0 saturated carbocycles. The molecule has 1 nitrogen and oxygen atoms in total. The smallest absolute Gasteiger partial charge is 0.0426 e. The number of anilines is 1. The van der Waals surface area contributed by atoms with Gasteiger partial charge in [0, 0.05) is 16.3 Å². The first-order chi connectivity index (χ1) is 10.2. The van der Waals surface area contributed by atoms with Crippen LogP contribution >= 0.6 is 11.6 Å². The van der Waals surface area contributed by atoms with Crippen molar-refractivity contribution in [3.63, 3.8) is 0 Å². The lowest BCUT2D eigenvalue weighted by Crippen LogP contribution is -1.91. The molecule has 0 aliphatic rings. The first kappa shape index (κ1) is 13.7. The number of halogens is 1. The van der Waals surface area contributed by atoms with Crippen LogP contribution in [0.2, 0.25) is 5.02 Å². The van der Waals surface area contributed by atoms with Crippen molar-refractivity contribution < 1.29 is 0 Å². The van der Waals surface area contributed by atoms with E-state index in [1.807, 2.05) is 18.2 Å². The van der Waals surface area contributed by atoms with Crippen LogP contribution in [0.5, 0.6) is 0 Å². The fourth-order valence-corrected chi connectivity index (χ4v) is 2.61. The first-order valence-corrected chi connectivity index (χ1v) is 7.28. The molecule has 0 atom stereocenters. The van der Waals surface area contributed by atoms with Gasteiger partial charge in [-0.25, -0.2) is 0 Å². The second kappa shape index (κ2) is 6.02. The van der Waals surface area contributed by atoms with E-state index in [-0.39, 0.29) is 0 Å². The first-order valence-electron chi connectivity index (χ1n) is 6.90. The maximum atomic E-state index is 6.03. The van der Waals surface area contributed by atoms with Crippen molar-refractivity contribution >= 4 is 17.3 Å². The summed E-state index contributed by atoms with van der Waals surface area (Å²) in [5, 5.41) is 0.664. The lowest BCUT2D eigenvalue weighted by atomic mass is 9.99. The largest absolute Gasteiger partial charge is 0.398 e. The molecule has 0 aliphatic carbocycles. The summed E-state index contributed by atoms with van der Waals surface area (Å²) in [4.78, 5) is 0. The predicted octanol–water partition coefficient (Wildman–Crippen LogP) is 5.18. The fourth-order valence-electron chi connectivity index (χ4n) is 2.43. The number of hydrogen-bond acceptors (Lipinski definition) is 1. The van der Waals surface area contributed by atoms with Gasteiger partial charge >= 0.3 is 0 Å². The third-order valence-electron chi connectivity index (χ3n) is 3.53. The minimum atomic E-state index is 0.664. The van der Waals surface area contributed by atoms with Crippen LogP contribution < -0.4 is 5.73 Å². The summed E-state index contributed by atoms with van der Waals surface area (Å²) in [5.41, 5.74) is 11.5.